The molecule has 1 saturated heterocycles. The van der Waals surface area contributed by atoms with Crippen molar-refractivity contribution in [1.29, 1.82) is 0 Å². The van der Waals surface area contributed by atoms with Crippen LogP contribution in [0.2, 0.25) is 0 Å². The van der Waals surface area contributed by atoms with Gasteiger partial charge in [0.05, 0.1) is 12.8 Å². The fourth-order valence-corrected chi connectivity index (χ4v) is 4.61. The molecule has 0 unspecified atom stereocenters. The van der Waals surface area contributed by atoms with Gasteiger partial charge in [0, 0.05) is 36.8 Å². The summed E-state index contributed by atoms with van der Waals surface area (Å²) < 4.78 is 7.79. The van der Waals surface area contributed by atoms with Crippen molar-refractivity contribution in [1.82, 2.24) is 14.7 Å². The van der Waals surface area contributed by atoms with Crippen molar-refractivity contribution in [2.24, 2.45) is 12.5 Å². The molecule has 138 valence electrons. The minimum atomic E-state index is 0.343. The summed E-state index contributed by atoms with van der Waals surface area (Å²) in [5.41, 5.74) is 3.18. The van der Waals surface area contributed by atoms with Gasteiger partial charge in [-0.2, -0.15) is 5.10 Å². The minimum absolute atomic E-state index is 0.343. The maximum atomic E-state index is 5.90. The van der Waals surface area contributed by atoms with E-state index < -0.39 is 0 Å². The van der Waals surface area contributed by atoms with Crippen molar-refractivity contribution in [2.45, 2.75) is 46.1 Å². The summed E-state index contributed by atoms with van der Waals surface area (Å²) in [4.78, 5) is 4.04. The maximum Gasteiger partial charge on any atom is 0.0534 e. The first-order chi connectivity index (χ1) is 12.1. The molecule has 1 aliphatic heterocycles. The van der Waals surface area contributed by atoms with Crippen LogP contribution in [-0.4, -0.2) is 41.0 Å². The molecule has 4 nitrogen and oxygen atoms in total. The minimum Gasteiger partial charge on any atom is -0.381 e. The quantitative estimate of drug-likeness (QED) is 0.711. The van der Waals surface area contributed by atoms with Crippen LogP contribution in [0.4, 0.5) is 0 Å². The van der Waals surface area contributed by atoms with Gasteiger partial charge in [-0.25, -0.2) is 0 Å². The van der Waals surface area contributed by atoms with Crippen molar-refractivity contribution in [3.05, 3.63) is 39.8 Å². The number of aryl methyl sites for hydroxylation is 3. The van der Waals surface area contributed by atoms with E-state index in [0.29, 0.717) is 5.41 Å². The summed E-state index contributed by atoms with van der Waals surface area (Å²) in [6, 6.07) is 2.30. The molecule has 3 rings (SSSR count). The van der Waals surface area contributed by atoms with Crippen LogP contribution in [0, 0.1) is 12.3 Å². The van der Waals surface area contributed by atoms with E-state index in [4.69, 9.17) is 4.74 Å². The summed E-state index contributed by atoms with van der Waals surface area (Å²) in [7, 11) is 1.99. The molecular formula is C20H31N3OS. The molecule has 0 atom stereocenters. The number of likely N-dealkylation sites (tertiary alicyclic amines) is 1. The van der Waals surface area contributed by atoms with Gasteiger partial charge in [0.2, 0.25) is 0 Å². The van der Waals surface area contributed by atoms with Crippen LogP contribution in [0.1, 0.15) is 42.2 Å². The molecule has 0 amide bonds. The number of hydrogen-bond acceptors (Lipinski definition) is 4. The zero-order valence-electron chi connectivity index (χ0n) is 15.8. The molecule has 5 heteroatoms. The third-order valence-corrected chi connectivity index (χ3v) is 6.47. The van der Waals surface area contributed by atoms with Crippen LogP contribution in [-0.2, 0) is 24.8 Å². The average molecular weight is 362 g/mol. The average Bonchev–Trinajstić information content (AvgIpc) is 3.21. The van der Waals surface area contributed by atoms with Gasteiger partial charge in [-0.3, -0.25) is 9.58 Å². The summed E-state index contributed by atoms with van der Waals surface area (Å²) in [6.45, 7) is 9.41. The smallest absolute Gasteiger partial charge is 0.0534 e. The van der Waals surface area contributed by atoms with Crippen molar-refractivity contribution in [3.63, 3.8) is 0 Å². The second kappa shape index (κ2) is 8.47. The normalized spacial score (nSPS) is 17.9. The second-order valence-electron chi connectivity index (χ2n) is 7.44. The van der Waals surface area contributed by atoms with Gasteiger partial charge in [0.15, 0.2) is 0 Å². The Balaban J connectivity index is 1.57. The number of thiophene rings is 1. The van der Waals surface area contributed by atoms with Gasteiger partial charge in [-0.05, 0) is 75.0 Å². The van der Waals surface area contributed by atoms with Gasteiger partial charge in [0.1, 0.15) is 0 Å². The molecule has 0 spiro atoms. The van der Waals surface area contributed by atoms with Crippen molar-refractivity contribution >= 4 is 11.3 Å². The zero-order chi connectivity index (χ0) is 17.7. The Hall–Kier alpha value is -1.17. The largest absolute Gasteiger partial charge is 0.381 e. The van der Waals surface area contributed by atoms with E-state index >= 15 is 0 Å². The van der Waals surface area contributed by atoms with Crippen LogP contribution < -0.4 is 0 Å². The molecule has 2 aromatic heterocycles. The lowest BCUT2D eigenvalue weighted by atomic mass is 9.74. The predicted octanol–water partition coefficient (Wildman–Crippen LogP) is 4.04. The molecule has 1 fully saturated rings. The van der Waals surface area contributed by atoms with Crippen molar-refractivity contribution in [2.75, 3.05) is 26.3 Å². The lowest BCUT2D eigenvalue weighted by Gasteiger charge is -2.42. The van der Waals surface area contributed by atoms with Crippen molar-refractivity contribution < 1.29 is 4.74 Å². The molecular weight excluding hydrogens is 330 g/mol. The Kier molecular flexibility index (Phi) is 6.31. The van der Waals surface area contributed by atoms with E-state index in [1.807, 2.05) is 29.3 Å². The first kappa shape index (κ1) is 18.6. The van der Waals surface area contributed by atoms with Crippen LogP contribution in [0.25, 0.3) is 0 Å². The summed E-state index contributed by atoms with van der Waals surface area (Å²) in [5.74, 6) is 0. The lowest BCUT2D eigenvalue weighted by molar-refractivity contribution is -0.00232. The highest BCUT2D eigenvalue weighted by atomic mass is 32.1. The van der Waals surface area contributed by atoms with Gasteiger partial charge in [-0.15, -0.1) is 11.3 Å². The monoisotopic (exact) mass is 361 g/mol. The number of rotatable bonds is 8. The third kappa shape index (κ3) is 4.93. The topological polar surface area (TPSA) is 30.3 Å². The lowest BCUT2D eigenvalue weighted by Crippen LogP contribution is -2.42. The highest BCUT2D eigenvalue weighted by Crippen LogP contribution is 2.37. The SMILES string of the molecule is CCOCC1(CCc2ccsc2C)CCN(Cc2cnn(C)c2)CC1. The molecule has 1 aliphatic rings. The molecule has 25 heavy (non-hydrogen) atoms. The Morgan fingerprint density at radius 3 is 2.72 bits per heavy atom. The van der Waals surface area contributed by atoms with E-state index in [1.165, 1.54) is 41.7 Å². The molecule has 0 aliphatic carbocycles. The molecule has 3 heterocycles. The maximum absolute atomic E-state index is 5.90. The number of hydrogen-bond donors (Lipinski definition) is 0. The molecule has 0 radical (unpaired) electrons. The van der Waals surface area contributed by atoms with Crippen LogP contribution in [0.5, 0.6) is 0 Å². The van der Waals surface area contributed by atoms with Crippen LogP contribution in [0.3, 0.4) is 0 Å². The Labute approximate surface area is 155 Å². The second-order valence-corrected chi connectivity index (χ2v) is 8.56. The van der Waals surface area contributed by atoms with E-state index in [9.17, 15) is 0 Å². The Morgan fingerprint density at radius 1 is 1.32 bits per heavy atom. The van der Waals surface area contributed by atoms with E-state index in [1.54, 1.807) is 0 Å². The van der Waals surface area contributed by atoms with Gasteiger partial charge >= 0.3 is 0 Å². The summed E-state index contributed by atoms with van der Waals surface area (Å²) in [5, 5.41) is 6.51. The molecule has 0 saturated carbocycles. The molecule has 0 aromatic carbocycles. The predicted molar refractivity (Wildman–Crippen MR) is 104 cm³/mol. The molecule has 0 N–H and O–H groups in total. The zero-order valence-corrected chi connectivity index (χ0v) is 16.6. The fraction of sp³-hybridized carbons (Fsp3) is 0.650. The Morgan fingerprint density at radius 2 is 2.12 bits per heavy atom. The van der Waals surface area contributed by atoms with Gasteiger partial charge in [0.25, 0.3) is 0 Å². The Bertz CT molecular complexity index is 655. The number of piperidine rings is 1. The van der Waals surface area contributed by atoms with Crippen LogP contribution in [0.15, 0.2) is 23.8 Å². The number of ether oxygens (including phenoxy) is 1. The van der Waals surface area contributed by atoms with Gasteiger partial charge < -0.3 is 4.74 Å². The van der Waals surface area contributed by atoms with E-state index in [0.717, 1.165) is 32.8 Å². The highest BCUT2D eigenvalue weighted by Gasteiger charge is 2.34. The molecule has 2 aromatic rings. The van der Waals surface area contributed by atoms with Crippen LogP contribution >= 0.6 is 11.3 Å². The fourth-order valence-electron chi connectivity index (χ4n) is 3.85. The van der Waals surface area contributed by atoms with E-state index in [2.05, 4.69) is 41.5 Å². The first-order valence-electron chi connectivity index (χ1n) is 9.41. The summed E-state index contributed by atoms with van der Waals surface area (Å²) >= 11 is 1.86. The standard InChI is InChI=1S/C20H31N3OS/c1-4-24-16-20(7-5-19-6-12-25-17(19)2)8-10-23(11-9-20)15-18-13-21-22(3)14-18/h6,12-14H,4-5,7-11,15-16H2,1-3H3. The molecule has 0 bridgehead atoms. The number of nitrogens with zero attached hydrogens (tertiary/aromatic N) is 3. The third-order valence-electron chi connectivity index (χ3n) is 5.58. The number of aromatic nitrogens is 2. The first-order valence-corrected chi connectivity index (χ1v) is 10.3. The van der Waals surface area contributed by atoms with Crippen molar-refractivity contribution in [3.8, 4) is 0 Å². The summed E-state index contributed by atoms with van der Waals surface area (Å²) in [6.07, 6.45) is 9.01. The van der Waals surface area contributed by atoms with E-state index in [-0.39, 0.29) is 0 Å². The van der Waals surface area contributed by atoms with Gasteiger partial charge in [-0.1, -0.05) is 0 Å². The highest BCUT2D eigenvalue weighted by molar-refractivity contribution is 7.10.